The molecule has 0 bridgehead atoms. The summed E-state index contributed by atoms with van der Waals surface area (Å²) in [5.41, 5.74) is 1.22. The summed E-state index contributed by atoms with van der Waals surface area (Å²) < 4.78 is 40.4. The molecule has 9 heteroatoms. The first-order valence-electron chi connectivity index (χ1n) is 20.0. The van der Waals surface area contributed by atoms with Crippen LogP contribution in [0.5, 0.6) is 0 Å². The number of hydrogen-bond acceptors (Lipinski definition) is 7. The average molecular weight is 777 g/mol. The molecule has 0 radical (unpaired) electrons. The van der Waals surface area contributed by atoms with E-state index in [9.17, 15) is 4.79 Å². The van der Waals surface area contributed by atoms with Crippen LogP contribution in [0, 0.1) is 11.8 Å². The maximum atomic E-state index is 12.1. The van der Waals surface area contributed by atoms with E-state index in [0.29, 0.717) is 12.3 Å². The van der Waals surface area contributed by atoms with E-state index in [-0.39, 0.29) is 52.8 Å². The molecule has 2 heterocycles. The number of methoxy groups -OCH3 is 1. The molecule has 1 spiro atoms. The van der Waals surface area contributed by atoms with Crippen LogP contribution >= 0.6 is 0 Å². The van der Waals surface area contributed by atoms with E-state index in [0.717, 1.165) is 19.3 Å². The van der Waals surface area contributed by atoms with Crippen molar-refractivity contribution in [3.63, 3.8) is 0 Å². The normalized spacial score (nSPS) is 28.2. The maximum absolute atomic E-state index is 12.1. The fraction of sp³-hybridized carbons (Fsp3) is 0.622. The Labute approximate surface area is 328 Å². The van der Waals surface area contributed by atoms with Crippen molar-refractivity contribution in [3.8, 4) is 0 Å². The minimum absolute atomic E-state index is 0.000375. The number of ether oxygens (including phenoxy) is 4. The first kappa shape index (κ1) is 42.9. The molecule has 0 aromatic heterocycles. The van der Waals surface area contributed by atoms with Crippen molar-refractivity contribution < 1.29 is 32.6 Å². The molecule has 0 N–H and O–H groups in total. The summed E-state index contributed by atoms with van der Waals surface area (Å²) in [5.74, 6) is -1.69. The van der Waals surface area contributed by atoms with E-state index >= 15 is 0 Å². The van der Waals surface area contributed by atoms with Crippen molar-refractivity contribution >= 4 is 32.8 Å². The molecule has 2 fully saturated rings. The van der Waals surface area contributed by atoms with Gasteiger partial charge >= 0.3 is 0 Å². The molecule has 7 nitrogen and oxygen atoms in total. The summed E-state index contributed by atoms with van der Waals surface area (Å²) in [6, 6.07) is 21.8. The molecule has 54 heavy (non-hydrogen) atoms. The molecule has 3 aliphatic rings. The first-order valence-corrected chi connectivity index (χ1v) is 24.9. The first-order chi connectivity index (χ1) is 25.1. The fourth-order valence-electron chi connectivity index (χ4n) is 8.52. The third-order valence-electron chi connectivity index (χ3n) is 12.4. The minimum Gasteiger partial charge on any atom is -0.410 e. The van der Waals surface area contributed by atoms with Gasteiger partial charge < -0.3 is 27.8 Å². The molecule has 0 unspecified atom stereocenters. The fourth-order valence-corrected chi connectivity index (χ4v) is 14.6. The summed E-state index contributed by atoms with van der Waals surface area (Å²) >= 11 is 0. The van der Waals surface area contributed by atoms with Gasteiger partial charge in [-0.3, -0.25) is 4.79 Å². The molecule has 0 amide bonds. The van der Waals surface area contributed by atoms with Crippen molar-refractivity contribution in [2.75, 3.05) is 13.7 Å². The van der Waals surface area contributed by atoms with Gasteiger partial charge in [-0.25, -0.2) is 0 Å². The molecule has 2 aromatic rings. The van der Waals surface area contributed by atoms with E-state index in [1.54, 1.807) is 12.2 Å². The Kier molecular flexibility index (Phi) is 13.0. The van der Waals surface area contributed by atoms with Crippen LogP contribution < -0.4 is 10.4 Å². The second kappa shape index (κ2) is 16.3. The van der Waals surface area contributed by atoms with Gasteiger partial charge in [-0.1, -0.05) is 115 Å². The van der Waals surface area contributed by atoms with Crippen LogP contribution in [0.15, 0.2) is 84.5 Å². The van der Waals surface area contributed by atoms with Gasteiger partial charge in [0, 0.05) is 19.4 Å². The predicted molar refractivity (Wildman–Crippen MR) is 223 cm³/mol. The number of allylic oxidation sites excluding steroid dienone is 1. The Balaban J connectivity index is 1.44. The van der Waals surface area contributed by atoms with Gasteiger partial charge in [0.1, 0.15) is 6.61 Å². The summed E-state index contributed by atoms with van der Waals surface area (Å²) in [6.07, 6.45) is 8.56. The summed E-state index contributed by atoms with van der Waals surface area (Å²) in [4.78, 5) is 12.1. The Morgan fingerprint density at radius 1 is 0.907 bits per heavy atom. The third kappa shape index (κ3) is 9.31. The largest absolute Gasteiger partial charge is 0.410 e. The Morgan fingerprint density at radius 2 is 1.50 bits per heavy atom. The number of rotatable bonds is 11. The number of carbonyl (C=O) groups is 1. The van der Waals surface area contributed by atoms with E-state index in [4.69, 9.17) is 27.8 Å². The molecule has 1 saturated carbocycles. The van der Waals surface area contributed by atoms with Crippen LogP contribution in [0.1, 0.15) is 94.9 Å². The lowest BCUT2D eigenvalue weighted by Gasteiger charge is -2.50. The molecular weight excluding hydrogens is 709 g/mol. The molecule has 5 rings (SSSR count). The highest BCUT2D eigenvalue weighted by Crippen LogP contribution is 2.45. The van der Waals surface area contributed by atoms with Gasteiger partial charge in [0.25, 0.3) is 8.32 Å². The molecule has 1 saturated heterocycles. The van der Waals surface area contributed by atoms with Crippen molar-refractivity contribution in [2.24, 2.45) is 11.8 Å². The van der Waals surface area contributed by atoms with E-state index in [1.165, 1.54) is 15.9 Å². The van der Waals surface area contributed by atoms with Crippen LogP contribution in [-0.4, -0.2) is 72.1 Å². The van der Waals surface area contributed by atoms with Crippen LogP contribution in [0.4, 0.5) is 0 Å². The van der Waals surface area contributed by atoms with Crippen LogP contribution in [0.3, 0.4) is 0 Å². The summed E-state index contributed by atoms with van der Waals surface area (Å²) in [5, 5.41) is 2.49. The Hall–Kier alpha value is -2.22. The van der Waals surface area contributed by atoms with E-state index in [2.05, 4.69) is 135 Å². The monoisotopic (exact) mass is 776 g/mol. The molecule has 2 aromatic carbocycles. The molecule has 298 valence electrons. The zero-order valence-electron chi connectivity index (χ0n) is 35.4. The smallest absolute Gasteiger partial charge is 0.261 e. The van der Waals surface area contributed by atoms with Gasteiger partial charge in [0.05, 0.1) is 24.4 Å². The van der Waals surface area contributed by atoms with E-state index < -0.39 is 28.2 Å². The zero-order chi connectivity index (χ0) is 39.7. The van der Waals surface area contributed by atoms with Gasteiger partial charge in [0.15, 0.2) is 25.7 Å². The summed E-state index contributed by atoms with van der Waals surface area (Å²) in [6.45, 7) is 26.8. The number of carbonyl (C=O) groups excluding carboxylic acids is 1. The predicted octanol–water partition coefficient (Wildman–Crippen LogP) is 9.11. The van der Waals surface area contributed by atoms with Crippen molar-refractivity contribution in [1.29, 1.82) is 0 Å². The number of hydrogen-bond donors (Lipinski definition) is 0. The Bertz CT molecular complexity index is 1580. The van der Waals surface area contributed by atoms with Gasteiger partial charge in [0.2, 0.25) is 0 Å². The minimum atomic E-state index is -2.75. The SMILES string of the molecule is CO[C@@H]1C[C@H](/C=C(\C)[C@H](O[Si](C)(C)C(C)(C)C)[C@H](C)[C@@H]2C[C@]3(C=CC(=O)CO3)OC(C)(C)O2)CC[C@H]1O[Si](c1ccccc1)(c1ccccc1)C(C)(C)C. The second-order valence-electron chi connectivity index (χ2n) is 19.0. The molecule has 7 atom stereocenters. The highest BCUT2D eigenvalue weighted by atomic mass is 28.4. The highest BCUT2D eigenvalue weighted by molar-refractivity contribution is 6.99. The molecular formula is C45H68O7Si2. The number of ketones is 1. The number of benzene rings is 2. The van der Waals surface area contributed by atoms with Crippen molar-refractivity contribution in [2.45, 2.75) is 154 Å². The van der Waals surface area contributed by atoms with Gasteiger partial charge in [-0.15, -0.1) is 0 Å². The van der Waals surface area contributed by atoms with Crippen LogP contribution in [0.2, 0.25) is 23.2 Å². The lowest BCUT2D eigenvalue weighted by atomic mass is 9.82. The highest BCUT2D eigenvalue weighted by Gasteiger charge is 2.54. The van der Waals surface area contributed by atoms with Crippen LogP contribution in [0.25, 0.3) is 0 Å². The zero-order valence-corrected chi connectivity index (χ0v) is 37.4. The van der Waals surface area contributed by atoms with E-state index in [1.807, 2.05) is 21.0 Å². The third-order valence-corrected chi connectivity index (χ3v) is 21.9. The molecule has 2 aliphatic heterocycles. The average Bonchev–Trinajstić information content (AvgIpc) is 3.10. The Morgan fingerprint density at radius 3 is 2.00 bits per heavy atom. The maximum Gasteiger partial charge on any atom is 0.261 e. The molecule has 1 aliphatic carbocycles. The standard InChI is InChI=1S/C45H68O7Si2/c1-32(41(51-53(12,13)42(3,4)5)33(2)40-30-45(52-44(9,10)49-40)27-26-35(46)31-48-45)28-34-24-25-38(39(29-34)47-11)50-54(43(6,7)8,36-20-16-14-17-21-36)37-22-18-15-19-23-37/h14-23,26-28,33-34,38-41H,24-25,29-31H2,1-13H3/b32-28+/t33-,34+,38-,39-,40+,41+,45+/m1/s1. The van der Waals surface area contributed by atoms with Crippen molar-refractivity contribution in [3.05, 3.63) is 84.5 Å². The lowest BCUT2D eigenvalue weighted by Crippen LogP contribution is -2.68. The quantitative estimate of drug-likeness (QED) is 0.167. The van der Waals surface area contributed by atoms with Crippen molar-refractivity contribution in [1.82, 2.24) is 0 Å². The topological polar surface area (TPSA) is 72.5 Å². The van der Waals surface area contributed by atoms with Gasteiger partial charge in [-0.2, -0.15) is 0 Å². The van der Waals surface area contributed by atoms with Gasteiger partial charge in [-0.05, 0) is 97.2 Å². The lowest BCUT2D eigenvalue weighted by molar-refractivity contribution is -0.389. The second-order valence-corrected chi connectivity index (χ2v) is 28.0. The summed E-state index contributed by atoms with van der Waals surface area (Å²) in [7, 11) is -3.12. The van der Waals surface area contributed by atoms with Crippen LogP contribution in [-0.2, 0) is 32.6 Å².